The number of aromatic nitrogens is 2. The molecule has 0 aliphatic carbocycles. The van der Waals surface area contributed by atoms with Gasteiger partial charge in [0, 0.05) is 16.4 Å². The average Bonchev–Trinajstić information content (AvgIpc) is 3.57. The Hall–Kier alpha value is -4.15. The fourth-order valence-electron chi connectivity index (χ4n) is 5.11. The molecule has 3 aromatic rings. The summed E-state index contributed by atoms with van der Waals surface area (Å²) in [6, 6.07) is 17.7. The van der Waals surface area contributed by atoms with E-state index in [-0.39, 0.29) is 23.2 Å². The van der Waals surface area contributed by atoms with Gasteiger partial charge in [-0.3, -0.25) is 10.2 Å². The second kappa shape index (κ2) is 9.55. The number of aliphatic hydroxyl groups is 1. The number of fused-ring (bicyclic) bond motifs is 1. The summed E-state index contributed by atoms with van der Waals surface area (Å²) in [6.07, 6.45) is 0. The lowest BCUT2D eigenvalue weighted by Crippen LogP contribution is -2.42. The Morgan fingerprint density at radius 2 is 1.79 bits per heavy atom. The fraction of sp³-hybridized carbons (Fsp3) is 0.179. The van der Waals surface area contributed by atoms with Crippen LogP contribution in [0.2, 0.25) is 5.02 Å². The third-order valence-electron chi connectivity index (χ3n) is 6.83. The van der Waals surface area contributed by atoms with E-state index >= 15 is 0 Å². The molecule has 0 fully saturated rings. The van der Waals surface area contributed by atoms with Crippen LogP contribution in [0, 0.1) is 25.2 Å². The standard InChI is InChI=1S/C28H24ClN7O2S/c1-15-13-16(2)35(32-15)27(38)23-24(18-9-11-19(29)12-10-18)34-21(14-39-28(34)31-25(23)30)22-17(3)33-36(26(22)37)20-7-5-4-6-8-20/h4-14,22,24,30,38H,1-3H3/b27-23+,30-25?. The van der Waals surface area contributed by atoms with Crippen LogP contribution in [0.25, 0.3) is 5.88 Å². The van der Waals surface area contributed by atoms with Gasteiger partial charge in [0.25, 0.3) is 5.91 Å². The van der Waals surface area contributed by atoms with E-state index in [1.807, 2.05) is 79.6 Å². The summed E-state index contributed by atoms with van der Waals surface area (Å²) in [5, 5.41) is 33.8. The Kier molecular flexibility index (Phi) is 6.16. The van der Waals surface area contributed by atoms with Crippen molar-refractivity contribution in [3.8, 4) is 0 Å². The molecule has 0 radical (unpaired) electrons. The molecule has 0 saturated heterocycles. The largest absolute Gasteiger partial charge is 0.493 e. The molecule has 0 spiro atoms. The molecule has 2 N–H and O–H groups in total. The number of thioether (sulfide) groups is 1. The number of hydrazone groups is 1. The lowest BCUT2D eigenvalue weighted by atomic mass is 9.91. The summed E-state index contributed by atoms with van der Waals surface area (Å²) in [5.41, 5.74) is 4.48. The molecule has 9 nitrogen and oxygen atoms in total. The zero-order valence-electron chi connectivity index (χ0n) is 21.3. The number of nitrogens with one attached hydrogen (secondary N) is 1. The van der Waals surface area contributed by atoms with E-state index in [9.17, 15) is 9.90 Å². The zero-order chi connectivity index (χ0) is 27.4. The Balaban J connectivity index is 1.49. The number of anilines is 1. The van der Waals surface area contributed by atoms with Gasteiger partial charge in [0.1, 0.15) is 5.92 Å². The van der Waals surface area contributed by atoms with Gasteiger partial charge in [0.15, 0.2) is 11.0 Å². The van der Waals surface area contributed by atoms with Crippen LogP contribution in [0.15, 0.2) is 87.4 Å². The van der Waals surface area contributed by atoms with Gasteiger partial charge in [-0.1, -0.05) is 53.7 Å². The van der Waals surface area contributed by atoms with Crippen molar-refractivity contribution in [2.24, 2.45) is 16.0 Å². The van der Waals surface area contributed by atoms with Crippen molar-refractivity contribution < 1.29 is 9.90 Å². The van der Waals surface area contributed by atoms with Crippen LogP contribution >= 0.6 is 23.4 Å². The quantitative estimate of drug-likeness (QED) is 0.388. The van der Waals surface area contributed by atoms with Crippen LogP contribution in [0.1, 0.15) is 29.9 Å². The first-order valence-electron chi connectivity index (χ1n) is 12.2. The molecule has 6 rings (SSSR count). The summed E-state index contributed by atoms with van der Waals surface area (Å²) in [4.78, 5) is 20.2. The number of hydrogen-bond donors (Lipinski definition) is 2. The topological polar surface area (TPSA) is 110 Å². The normalized spacial score (nSPS) is 22.1. The molecule has 39 heavy (non-hydrogen) atoms. The van der Waals surface area contributed by atoms with Crippen LogP contribution in [0.4, 0.5) is 5.69 Å². The summed E-state index contributed by atoms with van der Waals surface area (Å²) in [7, 11) is 0. The molecule has 2 atom stereocenters. The summed E-state index contributed by atoms with van der Waals surface area (Å²) >= 11 is 7.56. The molecule has 1 aromatic heterocycles. The average molecular weight is 558 g/mol. The van der Waals surface area contributed by atoms with Crippen molar-refractivity contribution in [3.05, 3.63) is 99.3 Å². The number of aryl methyl sites for hydroxylation is 2. The minimum atomic E-state index is -0.668. The molecule has 3 aliphatic rings. The molecule has 2 aromatic carbocycles. The molecule has 0 saturated carbocycles. The second-order valence-electron chi connectivity index (χ2n) is 9.46. The monoisotopic (exact) mass is 557 g/mol. The Labute approximate surface area is 234 Å². The van der Waals surface area contributed by atoms with E-state index in [0.29, 0.717) is 33.0 Å². The molecule has 196 valence electrons. The summed E-state index contributed by atoms with van der Waals surface area (Å²) in [6.45, 7) is 5.51. The third kappa shape index (κ3) is 4.16. The molecule has 3 aliphatic heterocycles. The van der Waals surface area contributed by atoms with E-state index in [1.165, 1.54) is 21.5 Å². The van der Waals surface area contributed by atoms with Gasteiger partial charge in [-0.05, 0) is 62.1 Å². The molecule has 4 heterocycles. The van der Waals surface area contributed by atoms with E-state index < -0.39 is 12.0 Å². The predicted molar refractivity (Wildman–Crippen MR) is 155 cm³/mol. The maximum Gasteiger partial charge on any atom is 0.262 e. The van der Waals surface area contributed by atoms with Gasteiger partial charge in [-0.15, -0.1) is 0 Å². The minimum absolute atomic E-state index is 0.0811. The number of rotatable bonds is 4. The number of halogens is 1. The predicted octanol–water partition coefficient (Wildman–Crippen LogP) is 5.90. The van der Waals surface area contributed by atoms with E-state index in [1.54, 1.807) is 12.1 Å². The van der Waals surface area contributed by atoms with Gasteiger partial charge in [0.2, 0.25) is 5.88 Å². The Morgan fingerprint density at radius 3 is 2.46 bits per heavy atom. The number of benzene rings is 2. The van der Waals surface area contributed by atoms with Crippen LogP contribution in [-0.2, 0) is 4.79 Å². The third-order valence-corrected chi connectivity index (χ3v) is 7.94. The number of carbonyl (C=O) groups excluding carboxylic acids is 1. The Bertz CT molecular complexity index is 1640. The SMILES string of the molecule is CC1=NN(c2ccccc2)C(=O)C1C1=CSC2=NC(=N)/C(=C(/O)n3nc(C)cc3C)C(c3ccc(Cl)cc3)N12. The maximum absolute atomic E-state index is 13.8. The number of para-hydroxylation sites is 1. The highest BCUT2D eigenvalue weighted by Crippen LogP contribution is 2.47. The lowest BCUT2D eigenvalue weighted by Gasteiger charge is -2.38. The molecule has 2 unspecified atom stereocenters. The first-order chi connectivity index (χ1) is 18.7. The molecule has 0 bridgehead atoms. The first kappa shape index (κ1) is 25.1. The summed E-state index contributed by atoms with van der Waals surface area (Å²) in [5.74, 6) is -1.12. The van der Waals surface area contributed by atoms with E-state index in [4.69, 9.17) is 17.0 Å². The zero-order valence-corrected chi connectivity index (χ0v) is 22.9. The van der Waals surface area contributed by atoms with Crippen LogP contribution in [0.5, 0.6) is 0 Å². The number of carbonyl (C=O) groups is 1. The van der Waals surface area contributed by atoms with Crippen molar-refractivity contribution >= 4 is 57.6 Å². The molecule has 11 heteroatoms. The Morgan fingerprint density at radius 1 is 1.08 bits per heavy atom. The van der Waals surface area contributed by atoms with Crippen molar-refractivity contribution in [1.29, 1.82) is 5.41 Å². The smallest absolute Gasteiger partial charge is 0.262 e. The highest BCUT2D eigenvalue weighted by atomic mass is 35.5. The molecular weight excluding hydrogens is 534 g/mol. The van der Waals surface area contributed by atoms with Gasteiger partial charge in [-0.25, -0.2) is 9.67 Å². The number of nitrogens with zero attached hydrogens (tertiary/aromatic N) is 6. The van der Waals surface area contributed by atoms with Crippen molar-refractivity contribution in [3.63, 3.8) is 0 Å². The number of hydrogen-bond acceptors (Lipinski definition) is 7. The number of amidine groups is 2. The van der Waals surface area contributed by atoms with Gasteiger partial charge < -0.3 is 10.0 Å². The minimum Gasteiger partial charge on any atom is -0.493 e. The molecule has 1 amide bonds. The van der Waals surface area contributed by atoms with Gasteiger partial charge in [-0.2, -0.15) is 15.2 Å². The summed E-state index contributed by atoms with van der Waals surface area (Å²) < 4.78 is 1.42. The van der Waals surface area contributed by atoms with Crippen LogP contribution < -0.4 is 5.01 Å². The maximum atomic E-state index is 13.8. The highest BCUT2D eigenvalue weighted by molar-refractivity contribution is 8.16. The fourth-order valence-corrected chi connectivity index (χ4v) is 6.18. The number of amides is 1. The van der Waals surface area contributed by atoms with Crippen LogP contribution in [-0.4, -0.2) is 42.4 Å². The molecular formula is C28H24ClN7O2S. The highest BCUT2D eigenvalue weighted by Gasteiger charge is 2.48. The van der Waals surface area contributed by atoms with E-state index in [0.717, 1.165) is 11.3 Å². The van der Waals surface area contributed by atoms with Gasteiger partial charge >= 0.3 is 0 Å². The van der Waals surface area contributed by atoms with Gasteiger partial charge in [0.05, 0.1) is 28.7 Å². The van der Waals surface area contributed by atoms with Crippen molar-refractivity contribution in [2.45, 2.75) is 26.8 Å². The number of aliphatic imine (C=N–C) groups is 1. The first-order valence-corrected chi connectivity index (χ1v) is 13.5. The van der Waals surface area contributed by atoms with Crippen LogP contribution in [0.3, 0.4) is 0 Å². The van der Waals surface area contributed by atoms with Crippen molar-refractivity contribution in [2.75, 3.05) is 5.01 Å². The number of aliphatic hydroxyl groups excluding tert-OH is 1. The van der Waals surface area contributed by atoms with Crippen molar-refractivity contribution in [1.82, 2.24) is 14.7 Å². The lowest BCUT2D eigenvalue weighted by molar-refractivity contribution is -0.119. The van der Waals surface area contributed by atoms with E-state index in [2.05, 4.69) is 15.2 Å². The second-order valence-corrected chi connectivity index (χ2v) is 10.7.